The minimum atomic E-state index is -0.506. The first-order valence-corrected chi connectivity index (χ1v) is 7.88. The molecule has 0 aliphatic rings. The number of carbonyl (C=O) groups is 1. The fourth-order valence-electron chi connectivity index (χ4n) is 2.54. The van der Waals surface area contributed by atoms with Crippen LogP contribution in [-0.2, 0) is 4.79 Å². The van der Waals surface area contributed by atoms with Gasteiger partial charge in [0.05, 0.1) is 17.8 Å². The number of benzene rings is 1. The van der Waals surface area contributed by atoms with E-state index in [0.717, 1.165) is 16.0 Å². The van der Waals surface area contributed by atoms with Crippen molar-refractivity contribution in [1.82, 2.24) is 9.55 Å². The van der Waals surface area contributed by atoms with Gasteiger partial charge in [0.2, 0.25) is 0 Å². The molecule has 0 bridgehead atoms. The lowest BCUT2D eigenvalue weighted by molar-refractivity contribution is -0.119. The second-order valence-corrected chi connectivity index (χ2v) is 6.53. The first kappa shape index (κ1) is 14.7. The molecule has 0 saturated heterocycles. The Bertz CT molecular complexity index is 910. The summed E-state index contributed by atoms with van der Waals surface area (Å²) in [6, 6.07) is 9.31. The smallest absolute Gasteiger partial charge is 0.263 e. The monoisotopic (exact) mass is 312 g/mol. The third-order valence-corrected chi connectivity index (χ3v) is 4.89. The predicted molar refractivity (Wildman–Crippen MR) is 89.4 cm³/mol. The van der Waals surface area contributed by atoms with Crippen LogP contribution < -0.4 is 5.56 Å². The van der Waals surface area contributed by atoms with Crippen LogP contribution in [0.3, 0.4) is 0 Å². The quantitative estimate of drug-likeness (QED) is 0.742. The Morgan fingerprint density at radius 2 is 1.95 bits per heavy atom. The lowest BCUT2D eigenvalue weighted by Crippen LogP contribution is -2.27. The molecule has 0 saturated carbocycles. The van der Waals surface area contributed by atoms with Crippen molar-refractivity contribution in [2.24, 2.45) is 0 Å². The third-order valence-electron chi connectivity index (χ3n) is 3.88. The summed E-state index contributed by atoms with van der Waals surface area (Å²) in [5.74, 6) is -0.0588. The van der Waals surface area contributed by atoms with Crippen LogP contribution in [0.15, 0.2) is 41.5 Å². The highest BCUT2D eigenvalue weighted by atomic mass is 32.1. The van der Waals surface area contributed by atoms with Gasteiger partial charge in [-0.25, -0.2) is 4.98 Å². The summed E-state index contributed by atoms with van der Waals surface area (Å²) >= 11 is 1.51. The number of fused-ring (bicyclic) bond motifs is 1. The molecule has 22 heavy (non-hydrogen) atoms. The van der Waals surface area contributed by atoms with E-state index in [1.807, 2.05) is 37.3 Å². The maximum atomic E-state index is 12.9. The molecule has 3 aromatic rings. The second kappa shape index (κ2) is 5.50. The van der Waals surface area contributed by atoms with Crippen molar-refractivity contribution in [2.75, 3.05) is 0 Å². The van der Waals surface area contributed by atoms with Crippen LogP contribution in [-0.4, -0.2) is 15.3 Å². The molecule has 1 aromatic carbocycles. The Kier molecular flexibility index (Phi) is 3.66. The van der Waals surface area contributed by atoms with Gasteiger partial charge in [-0.2, -0.15) is 0 Å². The van der Waals surface area contributed by atoms with Gasteiger partial charge in [-0.1, -0.05) is 30.3 Å². The highest BCUT2D eigenvalue weighted by Gasteiger charge is 2.19. The van der Waals surface area contributed by atoms with Crippen molar-refractivity contribution in [3.63, 3.8) is 0 Å². The van der Waals surface area contributed by atoms with E-state index in [0.29, 0.717) is 10.2 Å². The summed E-state index contributed by atoms with van der Waals surface area (Å²) in [6.07, 6.45) is 1.47. The van der Waals surface area contributed by atoms with Crippen molar-refractivity contribution in [2.45, 2.75) is 26.8 Å². The van der Waals surface area contributed by atoms with E-state index >= 15 is 0 Å². The number of carbonyl (C=O) groups excluding carboxylic acids is 1. The van der Waals surface area contributed by atoms with Crippen molar-refractivity contribution in [3.05, 3.63) is 51.9 Å². The Hall–Kier alpha value is -2.27. The van der Waals surface area contributed by atoms with Crippen LogP contribution in [0.4, 0.5) is 0 Å². The fraction of sp³-hybridized carbons (Fsp3) is 0.235. The average Bonchev–Trinajstić information content (AvgIpc) is 2.85. The van der Waals surface area contributed by atoms with E-state index in [4.69, 9.17) is 0 Å². The third kappa shape index (κ3) is 2.27. The molecular formula is C17H16N2O2S. The van der Waals surface area contributed by atoms with Crippen LogP contribution in [0.2, 0.25) is 0 Å². The predicted octanol–water partition coefficient (Wildman–Crippen LogP) is 3.58. The number of hydrogen-bond donors (Lipinski definition) is 0. The highest BCUT2D eigenvalue weighted by Crippen LogP contribution is 2.35. The number of aryl methyl sites for hydroxylation is 1. The zero-order valence-corrected chi connectivity index (χ0v) is 13.5. The van der Waals surface area contributed by atoms with Gasteiger partial charge in [0, 0.05) is 10.4 Å². The van der Waals surface area contributed by atoms with Crippen LogP contribution in [0.1, 0.15) is 24.8 Å². The van der Waals surface area contributed by atoms with E-state index in [1.165, 1.54) is 29.2 Å². The van der Waals surface area contributed by atoms with Crippen molar-refractivity contribution >= 4 is 27.3 Å². The molecule has 2 heterocycles. The molecule has 0 aliphatic heterocycles. The minimum absolute atomic E-state index is 0.0588. The zero-order valence-electron chi connectivity index (χ0n) is 12.7. The highest BCUT2D eigenvalue weighted by molar-refractivity contribution is 7.19. The van der Waals surface area contributed by atoms with Gasteiger partial charge in [-0.15, -0.1) is 11.3 Å². The zero-order chi connectivity index (χ0) is 15.9. The molecule has 0 fully saturated rings. The number of Topliss-reactive ketones (excluding diaryl/α,β-unsaturated/α-hetero) is 1. The molecule has 0 spiro atoms. The Morgan fingerprint density at radius 3 is 2.59 bits per heavy atom. The van der Waals surface area contributed by atoms with Gasteiger partial charge in [0.25, 0.3) is 5.56 Å². The summed E-state index contributed by atoms with van der Waals surface area (Å²) in [6.45, 7) is 5.20. The first-order valence-electron chi connectivity index (χ1n) is 7.07. The summed E-state index contributed by atoms with van der Waals surface area (Å²) in [5, 5.41) is 0.601. The first-order chi connectivity index (χ1) is 10.5. The summed E-state index contributed by atoms with van der Waals surface area (Å²) < 4.78 is 1.42. The molecule has 112 valence electrons. The van der Waals surface area contributed by atoms with Crippen LogP contribution in [0, 0.1) is 6.92 Å². The molecule has 2 aromatic heterocycles. The molecule has 4 nitrogen and oxygen atoms in total. The molecule has 1 unspecified atom stereocenters. The fourth-order valence-corrected chi connectivity index (χ4v) is 3.54. The maximum absolute atomic E-state index is 12.9. The van der Waals surface area contributed by atoms with Gasteiger partial charge in [0.15, 0.2) is 5.78 Å². The van der Waals surface area contributed by atoms with Crippen LogP contribution in [0.25, 0.3) is 21.3 Å². The molecule has 0 amide bonds. The van der Waals surface area contributed by atoms with E-state index in [9.17, 15) is 9.59 Å². The molecular weight excluding hydrogens is 296 g/mol. The molecule has 0 aliphatic carbocycles. The number of aromatic nitrogens is 2. The topological polar surface area (TPSA) is 52.0 Å². The van der Waals surface area contributed by atoms with Gasteiger partial charge in [-0.3, -0.25) is 14.2 Å². The van der Waals surface area contributed by atoms with Crippen molar-refractivity contribution in [1.29, 1.82) is 0 Å². The lowest BCUT2D eigenvalue weighted by Gasteiger charge is -2.11. The summed E-state index contributed by atoms with van der Waals surface area (Å²) in [5.41, 5.74) is 1.76. The second-order valence-electron chi connectivity index (χ2n) is 5.32. The lowest BCUT2D eigenvalue weighted by atomic mass is 10.0. The SMILES string of the molecule is CC(=O)C(C)n1cnc2sc(C)c(-c3ccccc3)c2c1=O. The standard InChI is InChI=1S/C17H16N2O2S/c1-10(11(2)20)19-9-18-16-15(17(19)21)14(12(3)22-16)13-7-5-4-6-8-13/h4-10H,1-3H3. The van der Waals surface area contributed by atoms with Gasteiger partial charge < -0.3 is 0 Å². The number of thiophene rings is 1. The van der Waals surface area contributed by atoms with Crippen molar-refractivity contribution < 1.29 is 4.79 Å². The Balaban J connectivity index is 2.35. The Morgan fingerprint density at radius 1 is 1.27 bits per heavy atom. The average molecular weight is 312 g/mol. The number of rotatable bonds is 3. The van der Waals surface area contributed by atoms with E-state index in [2.05, 4.69) is 4.98 Å². The molecule has 3 rings (SSSR count). The minimum Gasteiger partial charge on any atom is -0.298 e. The summed E-state index contributed by atoms with van der Waals surface area (Å²) in [4.78, 5) is 30.6. The molecule has 0 N–H and O–H groups in total. The number of hydrogen-bond acceptors (Lipinski definition) is 4. The number of nitrogens with zero attached hydrogens (tertiary/aromatic N) is 2. The summed E-state index contributed by atoms with van der Waals surface area (Å²) in [7, 11) is 0. The Labute approximate surface area is 132 Å². The largest absolute Gasteiger partial charge is 0.298 e. The maximum Gasteiger partial charge on any atom is 0.263 e. The van der Waals surface area contributed by atoms with Gasteiger partial charge in [-0.05, 0) is 26.3 Å². The van der Waals surface area contributed by atoms with E-state index in [-0.39, 0.29) is 11.3 Å². The van der Waals surface area contributed by atoms with Crippen LogP contribution >= 0.6 is 11.3 Å². The van der Waals surface area contributed by atoms with Crippen LogP contribution in [0.5, 0.6) is 0 Å². The van der Waals surface area contributed by atoms with Gasteiger partial charge >= 0.3 is 0 Å². The number of ketones is 1. The molecule has 5 heteroatoms. The normalized spacial score (nSPS) is 12.5. The van der Waals surface area contributed by atoms with E-state index in [1.54, 1.807) is 6.92 Å². The van der Waals surface area contributed by atoms with Crippen molar-refractivity contribution in [3.8, 4) is 11.1 Å². The molecule has 0 radical (unpaired) electrons. The van der Waals surface area contributed by atoms with E-state index < -0.39 is 6.04 Å². The molecule has 1 atom stereocenters. The van der Waals surface area contributed by atoms with Gasteiger partial charge in [0.1, 0.15) is 4.83 Å².